The van der Waals surface area contributed by atoms with E-state index in [0.29, 0.717) is 46.6 Å². The maximum Gasteiger partial charge on any atom is 0.262 e. The van der Waals surface area contributed by atoms with Crippen molar-refractivity contribution in [3.05, 3.63) is 76.7 Å². The van der Waals surface area contributed by atoms with Gasteiger partial charge in [0.2, 0.25) is 17.7 Å². The molecular formula is C38H39N11O6. The highest BCUT2D eigenvalue weighted by Crippen LogP contribution is 2.35. The summed E-state index contributed by atoms with van der Waals surface area (Å²) in [5.74, 6) is -1.10. The van der Waals surface area contributed by atoms with Crippen molar-refractivity contribution >= 4 is 52.8 Å². The molecule has 55 heavy (non-hydrogen) atoms. The van der Waals surface area contributed by atoms with Gasteiger partial charge in [-0.05, 0) is 69.5 Å². The first kappa shape index (κ1) is 35.5. The van der Waals surface area contributed by atoms with E-state index in [2.05, 4.69) is 32.7 Å². The van der Waals surface area contributed by atoms with E-state index in [9.17, 15) is 28.8 Å². The van der Waals surface area contributed by atoms with Crippen LogP contribution in [0.25, 0.3) is 11.5 Å². The molecule has 8 rings (SSSR count). The Kier molecular flexibility index (Phi) is 9.06. The molecule has 2 N–H and O–H groups in total. The summed E-state index contributed by atoms with van der Waals surface area (Å²) in [6.07, 6.45) is 3.74. The fraction of sp³-hybridized carbons (Fsp3) is 0.368. The monoisotopic (exact) mass is 745 g/mol. The van der Waals surface area contributed by atoms with Crippen LogP contribution in [0.4, 0.5) is 17.3 Å². The van der Waals surface area contributed by atoms with Gasteiger partial charge in [-0.15, -0.1) is 10.2 Å². The number of fused-ring (bicyclic) bond motifs is 2. The molecule has 17 heteroatoms. The van der Waals surface area contributed by atoms with Gasteiger partial charge in [0.25, 0.3) is 17.7 Å². The van der Waals surface area contributed by atoms with Gasteiger partial charge in [-0.1, -0.05) is 6.07 Å². The van der Waals surface area contributed by atoms with Gasteiger partial charge in [-0.2, -0.15) is 0 Å². The summed E-state index contributed by atoms with van der Waals surface area (Å²) in [5.41, 5.74) is 3.12. The third kappa shape index (κ3) is 6.34. The van der Waals surface area contributed by atoms with Crippen LogP contribution in [0.5, 0.6) is 0 Å². The SMILES string of the molecule is CCn1cnnc1-c1cccc(N2Cc3c(cc(N4CCC[C@H]4C)nc3CN(C)C(=O)CNc3ccc4c(c3)C(=O)N(C3CCC(=O)NC3=O)C4=O)C2=O)n1. The maximum atomic E-state index is 14.1. The fourth-order valence-electron chi connectivity index (χ4n) is 7.68. The van der Waals surface area contributed by atoms with Crippen LogP contribution in [0.3, 0.4) is 0 Å². The molecule has 282 valence electrons. The topological polar surface area (TPSA) is 196 Å². The third-order valence-electron chi connectivity index (χ3n) is 10.7. The lowest BCUT2D eigenvalue weighted by Gasteiger charge is -2.27. The number of anilines is 3. The smallest absolute Gasteiger partial charge is 0.262 e. The van der Waals surface area contributed by atoms with Crippen LogP contribution in [-0.4, -0.2) is 102 Å². The first-order chi connectivity index (χ1) is 26.5. The summed E-state index contributed by atoms with van der Waals surface area (Å²) in [4.78, 5) is 94.2. The highest BCUT2D eigenvalue weighted by Gasteiger charge is 2.44. The van der Waals surface area contributed by atoms with Crippen molar-refractivity contribution in [3.8, 4) is 11.5 Å². The zero-order valence-electron chi connectivity index (χ0n) is 30.6. The second-order valence-electron chi connectivity index (χ2n) is 14.2. The van der Waals surface area contributed by atoms with Crippen molar-refractivity contribution in [3.63, 3.8) is 0 Å². The second-order valence-corrected chi connectivity index (χ2v) is 14.2. The van der Waals surface area contributed by atoms with Crippen LogP contribution < -0.4 is 20.4 Å². The largest absolute Gasteiger partial charge is 0.376 e. The maximum absolute atomic E-state index is 14.1. The van der Waals surface area contributed by atoms with Crippen LogP contribution in [0.1, 0.15) is 81.9 Å². The van der Waals surface area contributed by atoms with Gasteiger partial charge in [0.15, 0.2) is 5.82 Å². The molecule has 0 bridgehead atoms. The van der Waals surface area contributed by atoms with E-state index in [4.69, 9.17) is 9.97 Å². The molecule has 4 aromatic rings. The quantitative estimate of drug-likeness (QED) is 0.225. The minimum Gasteiger partial charge on any atom is -0.376 e. The number of carbonyl (C=O) groups excluding carboxylic acids is 6. The highest BCUT2D eigenvalue weighted by atomic mass is 16.2. The zero-order valence-corrected chi connectivity index (χ0v) is 30.6. The molecule has 2 saturated heterocycles. The van der Waals surface area contributed by atoms with E-state index in [1.54, 1.807) is 30.4 Å². The number of nitrogens with zero attached hydrogens (tertiary/aromatic N) is 9. The Morgan fingerprint density at radius 3 is 2.55 bits per heavy atom. The molecule has 0 spiro atoms. The molecule has 1 aromatic carbocycles. The van der Waals surface area contributed by atoms with E-state index >= 15 is 0 Å². The molecular weight excluding hydrogens is 706 g/mol. The number of aromatic nitrogens is 5. The first-order valence-electron chi connectivity index (χ1n) is 18.3. The van der Waals surface area contributed by atoms with Crippen LogP contribution in [0, 0.1) is 0 Å². The summed E-state index contributed by atoms with van der Waals surface area (Å²) in [5, 5.41) is 13.5. The normalized spacial score (nSPS) is 19.3. The summed E-state index contributed by atoms with van der Waals surface area (Å²) in [6.45, 7) is 5.81. The van der Waals surface area contributed by atoms with Crippen LogP contribution in [0.2, 0.25) is 0 Å². The number of rotatable bonds is 10. The number of pyridine rings is 2. The molecule has 0 radical (unpaired) electrons. The predicted octanol–water partition coefficient (Wildman–Crippen LogP) is 2.38. The molecule has 7 heterocycles. The average molecular weight is 746 g/mol. The number of amides is 6. The first-order valence-corrected chi connectivity index (χ1v) is 18.3. The molecule has 4 aliphatic heterocycles. The number of hydrogen-bond acceptors (Lipinski definition) is 12. The van der Waals surface area contributed by atoms with Gasteiger partial charge in [-0.3, -0.25) is 43.9 Å². The van der Waals surface area contributed by atoms with Gasteiger partial charge < -0.3 is 19.7 Å². The highest BCUT2D eigenvalue weighted by molar-refractivity contribution is 6.23. The number of imide groups is 2. The van der Waals surface area contributed by atoms with Crippen LogP contribution in [0.15, 0.2) is 48.8 Å². The van der Waals surface area contributed by atoms with E-state index in [1.807, 2.05) is 29.7 Å². The number of piperidine rings is 1. The molecule has 1 unspecified atom stereocenters. The Labute approximate surface area is 315 Å². The van der Waals surface area contributed by atoms with Gasteiger partial charge in [0.05, 0.1) is 42.0 Å². The molecule has 3 aromatic heterocycles. The van der Waals surface area contributed by atoms with Gasteiger partial charge in [0.1, 0.15) is 29.7 Å². The number of aryl methyl sites for hydroxylation is 1. The lowest BCUT2D eigenvalue weighted by Crippen LogP contribution is -2.54. The number of carbonyl (C=O) groups is 6. The van der Waals surface area contributed by atoms with Crippen LogP contribution in [-0.2, 0) is 34.0 Å². The Morgan fingerprint density at radius 2 is 1.78 bits per heavy atom. The standard InChI is InChI=1S/C38H39N11O6/c1-4-46-20-40-44-34(46)27-8-5-9-30(41-27)48-18-26-25(36(48)53)16-31(47-14-6-7-21(47)2)42-28(26)19-45(3)33(51)17-39-22-10-11-23-24(15-22)38(55)49(37(23)54)29-12-13-32(50)43-35(29)52/h5,8-11,15-16,20-21,29,39H,4,6-7,12-14,17-19H2,1-3H3,(H,43,50,52)/t21-,29?/m1/s1. The molecule has 0 aliphatic carbocycles. The number of likely N-dealkylation sites (N-methyl/N-ethyl adjacent to an activating group) is 1. The summed E-state index contributed by atoms with van der Waals surface area (Å²) in [6, 6.07) is 11.0. The molecule has 2 fully saturated rings. The van der Waals surface area contributed by atoms with E-state index in [1.165, 1.54) is 17.0 Å². The molecule has 17 nitrogen and oxygen atoms in total. The predicted molar refractivity (Wildman–Crippen MR) is 198 cm³/mol. The number of nitrogens with one attached hydrogen (secondary N) is 2. The van der Waals surface area contributed by atoms with Gasteiger partial charge in [0, 0.05) is 43.9 Å². The number of hydrogen-bond donors (Lipinski definition) is 2. The van der Waals surface area contributed by atoms with Crippen molar-refractivity contribution in [1.82, 2.24) is 39.8 Å². The molecule has 2 atom stereocenters. The molecule has 6 amide bonds. The lowest BCUT2D eigenvalue weighted by molar-refractivity contribution is -0.136. The summed E-state index contributed by atoms with van der Waals surface area (Å²) < 4.78 is 1.88. The molecule has 4 aliphatic rings. The van der Waals surface area contributed by atoms with Crippen LogP contribution >= 0.6 is 0 Å². The second kappa shape index (κ2) is 14.0. The van der Waals surface area contributed by atoms with Gasteiger partial charge >= 0.3 is 0 Å². The van der Waals surface area contributed by atoms with Crippen molar-refractivity contribution in [2.75, 3.05) is 35.3 Å². The minimum atomic E-state index is -1.07. The van der Waals surface area contributed by atoms with Crippen molar-refractivity contribution in [1.29, 1.82) is 0 Å². The third-order valence-corrected chi connectivity index (χ3v) is 10.7. The average Bonchev–Trinajstić information content (AvgIpc) is 3.97. The lowest BCUT2D eigenvalue weighted by atomic mass is 10.0. The summed E-state index contributed by atoms with van der Waals surface area (Å²) in [7, 11) is 1.66. The van der Waals surface area contributed by atoms with E-state index < -0.39 is 29.7 Å². The van der Waals surface area contributed by atoms with E-state index in [0.717, 1.165) is 29.8 Å². The number of benzene rings is 1. The Hall–Kier alpha value is -6.52. The molecule has 0 saturated carbocycles. The minimum absolute atomic E-state index is 0.0245. The van der Waals surface area contributed by atoms with Crippen molar-refractivity contribution < 1.29 is 28.8 Å². The zero-order chi connectivity index (χ0) is 38.5. The Balaban J connectivity index is 0.998. The summed E-state index contributed by atoms with van der Waals surface area (Å²) >= 11 is 0. The van der Waals surface area contributed by atoms with E-state index in [-0.39, 0.29) is 61.5 Å². The fourth-order valence-corrected chi connectivity index (χ4v) is 7.68. The van der Waals surface area contributed by atoms with Gasteiger partial charge in [-0.25, -0.2) is 9.97 Å². The van der Waals surface area contributed by atoms with Crippen molar-refractivity contribution in [2.45, 2.75) is 71.2 Å². The van der Waals surface area contributed by atoms with Crippen molar-refractivity contribution in [2.24, 2.45) is 0 Å². The Bertz CT molecular complexity index is 2290. The Morgan fingerprint density at radius 1 is 0.964 bits per heavy atom.